The van der Waals surface area contributed by atoms with E-state index in [1.54, 1.807) is 0 Å². The Bertz CT molecular complexity index is 357. The van der Waals surface area contributed by atoms with Crippen molar-refractivity contribution in [1.82, 2.24) is 9.88 Å². The van der Waals surface area contributed by atoms with E-state index in [4.69, 9.17) is 10.5 Å². The van der Waals surface area contributed by atoms with E-state index in [0.717, 1.165) is 25.4 Å². The van der Waals surface area contributed by atoms with Crippen molar-refractivity contribution in [3.05, 3.63) is 30.1 Å². The third-order valence-corrected chi connectivity index (χ3v) is 3.41. The quantitative estimate of drug-likeness (QED) is 0.841. The van der Waals surface area contributed by atoms with Crippen molar-refractivity contribution >= 4 is 0 Å². The van der Waals surface area contributed by atoms with Crippen molar-refractivity contribution < 1.29 is 4.74 Å². The number of hydrogen-bond donors (Lipinski definition) is 1. The highest BCUT2D eigenvalue weighted by Gasteiger charge is 2.38. The highest BCUT2D eigenvalue weighted by Crippen LogP contribution is 2.27. The minimum absolute atomic E-state index is 0.0591. The van der Waals surface area contributed by atoms with E-state index in [2.05, 4.69) is 23.9 Å². The Labute approximate surface area is 103 Å². The molecule has 2 atom stereocenters. The molecule has 0 aliphatic carbocycles. The van der Waals surface area contributed by atoms with E-state index in [9.17, 15) is 0 Å². The molecule has 1 saturated heterocycles. The van der Waals surface area contributed by atoms with Gasteiger partial charge in [-0.1, -0.05) is 13.0 Å². The number of nitrogens with zero attached hydrogens (tertiary/aromatic N) is 2. The highest BCUT2D eigenvalue weighted by molar-refractivity contribution is 5.03. The predicted octanol–water partition coefficient (Wildman–Crippen LogP) is 0.877. The lowest BCUT2D eigenvalue weighted by molar-refractivity contribution is 0.127. The molecule has 2 rings (SSSR count). The fraction of sp³-hybridized carbons (Fsp3) is 0.615. The van der Waals surface area contributed by atoms with Crippen LogP contribution in [0, 0.1) is 5.41 Å². The fourth-order valence-electron chi connectivity index (χ4n) is 2.33. The van der Waals surface area contributed by atoms with Crippen LogP contribution in [0.3, 0.4) is 0 Å². The maximum atomic E-state index is 6.09. The van der Waals surface area contributed by atoms with E-state index in [0.29, 0.717) is 6.61 Å². The van der Waals surface area contributed by atoms with Gasteiger partial charge in [0.1, 0.15) is 0 Å². The van der Waals surface area contributed by atoms with Crippen LogP contribution < -0.4 is 5.73 Å². The van der Waals surface area contributed by atoms with E-state index in [1.165, 1.54) is 0 Å². The number of nitrogens with two attached hydrogens (primary N) is 1. The molecule has 1 aliphatic rings. The molecule has 0 radical (unpaired) electrons. The largest absolute Gasteiger partial charge is 0.379 e. The maximum Gasteiger partial charge on any atom is 0.0624 e. The summed E-state index contributed by atoms with van der Waals surface area (Å²) in [6, 6.07) is 6.13. The summed E-state index contributed by atoms with van der Waals surface area (Å²) in [7, 11) is 2.10. The Morgan fingerprint density at radius 3 is 3.00 bits per heavy atom. The molecular formula is C13H21N3O. The molecular weight excluding hydrogens is 214 g/mol. The monoisotopic (exact) mass is 235 g/mol. The van der Waals surface area contributed by atoms with E-state index < -0.39 is 0 Å². The summed E-state index contributed by atoms with van der Waals surface area (Å²) in [6.45, 7) is 5.40. The molecule has 0 bridgehead atoms. The second-order valence-electron chi connectivity index (χ2n) is 5.27. The highest BCUT2D eigenvalue weighted by atomic mass is 16.5. The molecule has 1 aromatic heterocycles. The van der Waals surface area contributed by atoms with Crippen molar-refractivity contribution in [3.8, 4) is 0 Å². The van der Waals surface area contributed by atoms with Crippen LogP contribution >= 0.6 is 0 Å². The van der Waals surface area contributed by atoms with E-state index in [-0.39, 0.29) is 11.5 Å². The third kappa shape index (κ3) is 3.03. The van der Waals surface area contributed by atoms with E-state index >= 15 is 0 Å². The average molecular weight is 235 g/mol. The van der Waals surface area contributed by atoms with Crippen LogP contribution in [-0.4, -0.2) is 42.7 Å². The number of rotatable bonds is 4. The number of ether oxygens (including phenoxy) is 1. The van der Waals surface area contributed by atoms with Gasteiger partial charge in [-0.2, -0.15) is 0 Å². The zero-order valence-electron chi connectivity index (χ0n) is 10.6. The first kappa shape index (κ1) is 12.5. The first-order valence-electron chi connectivity index (χ1n) is 6.02. The SMILES string of the molecule is CN(Cc1ccccn1)CC1(C)COCC1N. The van der Waals surface area contributed by atoms with Crippen LogP contribution in [0.4, 0.5) is 0 Å². The number of pyridine rings is 1. The Morgan fingerprint density at radius 1 is 1.59 bits per heavy atom. The normalized spacial score (nSPS) is 28.8. The number of aromatic nitrogens is 1. The van der Waals surface area contributed by atoms with Crippen LogP contribution in [0.2, 0.25) is 0 Å². The van der Waals surface area contributed by atoms with Gasteiger partial charge in [0.05, 0.1) is 18.9 Å². The summed E-state index contributed by atoms with van der Waals surface area (Å²) in [5, 5.41) is 0. The molecule has 2 heterocycles. The first-order chi connectivity index (χ1) is 8.10. The van der Waals surface area contributed by atoms with Gasteiger partial charge in [0.2, 0.25) is 0 Å². The minimum Gasteiger partial charge on any atom is -0.379 e. The first-order valence-corrected chi connectivity index (χ1v) is 6.02. The van der Waals surface area contributed by atoms with Gasteiger partial charge in [-0.05, 0) is 19.2 Å². The summed E-state index contributed by atoms with van der Waals surface area (Å²) in [5.41, 5.74) is 7.24. The van der Waals surface area contributed by atoms with Gasteiger partial charge in [-0.25, -0.2) is 0 Å². The molecule has 4 heteroatoms. The standard InChI is InChI=1S/C13H21N3O/c1-13(10-17-8-12(13)14)9-16(2)7-11-5-3-4-6-15-11/h3-6,12H,7-10,14H2,1-2H3. The van der Waals surface area contributed by atoms with Crippen molar-refractivity contribution in [2.45, 2.75) is 19.5 Å². The molecule has 0 aromatic carbocycles. The molecule has 17 heavy (non-hydrogen) atoms. The van der Waals surface area contributed by atoms with Gasteiger partial charge < -0.3 is 10.5 Å². The summed E-state index contributed by atoms with van der Waals surface area (Å²) in [6.07, 6.45) is 1.83. The molecule has 2 unspecified atom stereocenters. The Balaban J connectivity index is 1.91. The van der Waals surface area contributed by atoms with E-state index in [1.807, 2.05) is 24.4 Å². The lowest BCUT2D eigenvalue weighted by Crippen LogP contribution is -2.45. The van der Waals surface area contributed by atoms with Gasteiger partial charge in [-0.15, -0.1) is 0 Å². The lowest BCUT2D eigenvalue weighted by atomic mass is 9.85. The van der Waals surface area contributed by atoms with Crippen molar-refractivity contribution in [3.63, 3.8) is 0 Å². The number of hydrogen-bond acceptors (Lipinski definition) is 4. The third-order valence-electron chi connectivity index (χ3n) is 3.41. The molecule has 1 fully saturated rings. The second-order valence-corrected chi connectivity index (χ2v) is 5.27. The lowest BCUT2D eigenvalue weighted by Gasteiger charge is -2.31. The van der Waals surface area contributed by atoms with Crippen molar-refractivity contribution in [2.75, 3.05) is 26.8 Å². The summed E-state index contributed by atoms with van der Waals surface area (Å²) in [5.74, 6) is 0. The topological polar surface area (TPSA) is 51.4 Å². The smallest absolute Gasteiger partial charge is 0.0624 e. The van der Waals surface area contributed by atoms with Crippen LogP contribution in [0.1, 0.15) is 12.6 Å². The molecule has 2 N–H and O–H groups in total. The summed E-state index contributed by atoms with van der Waals surface area (Å²) >= 11 is 0. The minimum atomic E-state index is 0.0591. The predicted molar refractivity (Wildman–Crippen MR) is 67.5 cm³/mol. The molecule has 0 spiro atoms. The molecule has 1 aromatic rings. The van der Waals surface area contributed by atoms with Crippen molar-refractivity contribution in [1.29, 1.82) is 0 Å². The van der Waals surface area contributed by atoms with Crippen molar-refractivity contribution in [2.24, 2.45) is 11.1 Å². The Kier molecular flexibility index (Phi) is 3.76. The Hall–Kier alpha value is -0.970. The van der Waals surface area contributed by atoms with Crippen LogP contribution in [0.25, 0.3) is 0 Å². The fourth-order valence-corrected chi connectivity index (χ4v) is 2.33. The molecule has 0 amide bonds. The van der Waals surface area contributed by atoms with Gasteiger partial charge in [0.15, 0.2) is 0 Å². The van der Waals surface area contributed by atoms with Gasteiger partial charge in [0.25, 0.3) is 0 Å². The molecule has 4 nitrogen and oxygen atoms in total. The van der Waals surface area contributed by atoms with Gasteiger partial charge >= 0.3 is 0 Å². The molecule has 0 saturated carbocycles. The van der Waals surface area contributed by atoms with Gasteiger partial charge in [0, 0.05) is 30.7 Å². The van der Waals surface area contributed by atoms with Crippen LogP contribution in [0.5, 0.6) is 0 Å². The second kappa shape index (κ2) is 5.12. The average Bonchev–Trinajstić information content (AvgIpc) is 2.60. The van der Waals surface area contributed by atoms with Crippen LogP contribution in [0.15, 0.2) is 24.4 Å². The zero-order valence-corrected chi connectivity index (χ0v) is 10.6. The summed E-state index contributed by atoms with van der Waals surface area (Å²) in [4.78, 5) is 6.59. The Morgan fingerprint density at radius 2 is 2.41 bits per heavy atom. The summed E-state index contributed by atoms with van der Waals surface area (Å²) < 4.78 is 5.46. The molecule has 94 valence electrons. The zero-order chi connectivity index (χ0) is 12.3. The maximum absolute atomic E-state index is 6.09. The molecule has 1 aliphatic heterocycles. The van der Waals surface area contributed by atoms with Gasteiger partial charge in [-0.3, -0.25) is 9.88 Å². The van der Waals surface area contributed by atoms with Crippen LogP contribution in [-0.2, 0) is 11.3 Å².